The maximum atomic E-state index is 13.1. The first-order valence-corrected chi connectivity index (χ1v) is 13.2. The molecule has 0 fully saturated rings. The lowest BCUT2D eigenvalue weighted by Crippen LogP contribution is -2.29. The molecule has 2 aromatic carbocycles. The van der Waals surface area contributed by atoms with E-state index in [2.05, 4.69) is 17.1 Å². The van der Waals surface area contributed by atoms with Crippen molar-refractivity contribution >= 4 is 27.2 Å². The maximum Gasteiger partial charge on any atom is 0.261 e. The van der Waals surface area contributed by atoms with Crippen molar-refractivity contribution in [2.75, 3.05) is 6.26 Å². The van der Waals surface area contributed by atoms with Gasteiger partial charge in [0.05, 0.1) is 29.2 Å². The molecule has 1 aliphatic rings. The molecule has 37 heavy (non-hydrogen) atoms. The second-order valence-electron chi connectivity index (χ2n) is 9.16. The highest BCUT2D eigenvalue weighted by molar-refractivity contribution is 7.85. The molecule has 0 bridgehead atoms. The summed E-state index contributed by atoms with van der Waals surface area (Å²) in [6.07, 6.45) is 2.55. The summed E-state index contributed by atoms with van der Waals surface area (Å²) >= 11 is 0. The van der Waals surface area contributed by atoms with Crippen molar-refractivity contribution in [2.24, 2.45) is 0 Å². The van der Waals surface area contributed by atoms with E-state index >= 15 is 0 Å². The number of carbonyl (C=O) groups is 1. The van der Waals surface area contributed by atoms with Crippen LogP contribution < -0.4 is 4.74 Å². The number of carbonyl (C=O) groups excluding carboxylic acids is 1. The predicted molar refractivity (Wildman–Crippen MR) is 140 cm³/mol. The molecule has 0 saturated heterocycles. The lowest BCUT2D eigenvalue weighted by Gasteiger charge is -2.17. The zero-order valence-electron chi connectivity index (χ0n) is 21.3. The topological polar surface area (TPSA) is 127 Å². The zero-order valence-corrected chi connectivity index (χ0v) is 22.1. The first-order chi connectivity index (χ1) is 17.3. The van der Waals surface area contributed by atoms with Crippen molar-refractivity contribution in [1.29, 1.82) is 5.26 Å². The number of ketones is 1. The normalized spacial score (nSPS) is 14.4. The smallest absolute Gasteiger partial charge is 0.261 e. The van der Waals surface area contributed by atoms with E-state index in [1.165, 1.54) is 0 Å². The number of nitriles is 1. The Hall–Kier alpha value is -4.00. The molecule has 0 atom stereocenters. The summed E-state index contributed by atoms with van der Waals surface area (Å²) in [7, 11) is -3.67. The Morgan fingerprint density at radius 2 is 1.62 bits per heavy atom. The molecule has 1 aromatic heterocycles. The van der Waals surface area contributed by atoms with Crippen molar-refractivity contribution in [3.63, 3.8) is 0 Å². The average Bonchev–Trinajstić information content (AvgIpc) is 3.07. The Balaban J connectivity index is 0.000000695. The minimum atomic E-state index is -3.67. The highest BCUT2D eigenvalue weighted by atomic mass is 32.2. The van der Waals surface area contributed by atoms with E-state index < -0.39 is 15.7 Å². The van der Waals surface area contributed by atoms with Crippen LogP contribution in [0, 0.1) is 25.2 Å². The van der Waals surface area contributed by atoms with Gasteiger partial charge in [-0.25, -0.2) is 0 Å². The Morgan fingerprint density at radius 3 is 2.16 bits per heavy atom. The van der Waals surface area contributed by atoms with E-state index in [0.29, 0.717) is 35.5 Å². The molecular formula is C28H28N2O6S. The average molecular weight is 521 g/mol. The third-order valence-corrected chi connectivity index (χ3v) is 5.48. The summed E-state index contributed by atoms with van der Waals surface area (Å²) in [4.78, 5) is 17.6. The predicted octanol–water partition coefficient (Wildman–Crippen LogP) is 4.90. The van der Waals surface area contributed by atoms with Crippen molar-refractivity contribution in [3.05, 3.63) is 94.3 Å². The molecule has 1 aliphatic heterocycles. The van der Waals surface area contributed by atoms with E-state index in [4.69, 9.17) is 19.3 Å². The molecule has 1 N–H and O–H groups in total. The number of aromatic nitrogens is 1. The Labute approximate surface area is 216 Å². The van der Waals surface area contributed by atoms with Gasteiger partial charge in [0, 0.05) is 11.8 Å². The van der Waals surface area contributed by atoms with Crippen molar-refractivity contribution in [3.8, 4) is 11.8 Å². The van der Waals surface area contributed by atoms with Crippen LogP contribution in [0.3, 0.4) is 0 Å². The summed E-state index contributed by atoms with van der Waals surface area (Å²) in [6.45, 7) is 7.94. The Bertz CT molecular complexity index is 1480. The van der Waals surface area contributed by atoms with Gasteiger partial charge in [-0.15, -0.1) is 0 Å². The number of Topliss-reactive ketones (excluding diaryl/α,β-unsaturated/α-hetero) is 1. The number of hydrogen-bond acceptors (Lipinski definition) is 7. The molecule has 0 unspecified atom stereocenters. The van der Waals surface area contributed by atoms with E-state index in [1.807, 2.05) is 44.3 Å². The van der Waals surface area contributed by atoms with E-state index in [-0.39, 0.29) is 5.78 Å². The second-order valence-corrected chi connectivity index (χ2v) is 10.6. The first-order valence-electron chi connectivity index (χ1n) is 11.3. The lowest BCUT2D eigenvalue weighted by molar-refractivity contribution is -0.125. The van der Waals surface area contributed by atoms with Crippen LogP contribution in [0.4, 0.5) is 0 Å². The molecule has 0 amide bonds. The van der Waals surface area contributed by atoms with E-state index in [9.17, 15) is 13.2 Å². The van der Waals surface area contributed by atoms with Gasteiger partial charge in [0.25, 0.3) is 10.1 Å². The third-order valence-electron chi connectivity index (χ3n) is 5.48. The quantitative estimate of drug-likeness (QED) is 0.471. The standard InChI is InChI=1S/C27H24N2O3.CH4O3S/c1-17-13-18(2)23(29-15-17)16-31-22-11-9-20(10-12-22)24-25(32-27(3,4)26(24)30)21-7-5-19(14-28)6-8-21;1-5(2,3)4/h5-13,15H,16H2,1-4H3;1H3,(H,2,3,4). The molecule has 0 aliphatic carbocycles. The summed E-state index contributed by atoms with van der Waals surface area (Å²) in [5, 5.41) is 9.06. The third kappa shape index (κ3) is 7.26. The number of aryl methyl sites for hydroxylation is 2. The molecule has 9 heteroatoms. The van der Waals surface area contributed by atoms with Crippen LogP contribution in [0.1, 0.15) is 47.4 Å². The fourth-order valence-corrected chi connectivity index (χ4v) is 3.68. The summed E-state index contributed by atoms with van der Waals surface area (Å²) < 4.78 is 37.8. The van der Waals surface area contributed by atoms with Gasteiger partial charge in [0.15, 0.2) is 5.60 Å². The van der Waals surface area contributed by atoms with Gasteiger partial charge in [-0.2, -0.15) is 13.7 Å². The van der Waals surface area contributed by atoms with Gasteiger partial charge in [0.1, 0.15) is 18.1 Å². The highest BCUT2D eigenvalue weighted by Gasteiger charge is 2.42. The zero-order chi connectivity index (χ0) is 27.4. The number of benzene rings is 2. The SMILES string of the molecule is CS(=O)(=O)O.Cc1cnc(COc2ccc(C3=C(c4ccc(C#N)cc4)OC(C)(C)C3=O)cc2)c(C)c1. The number of rotatable bonds is 5. The van der Waals surface area contributed by atoms with Gasteiger partial charge in [-0.3, -0.25) is 14.3 Å². The van der Waals surface area contributed by atoms with Crippen molar-refractivity contribution < 1.29 is 27.2 Å². The fraction of sp³-hybridized carbons (Fsp3) is 0.250. The second kappa shape index (κ2) is 10.9. The largest absolute Gasteiger partial charge is 0.487 e. The van der Waals surface area contributed by atoms with Crippen LogP contribution in [-0.4, -0.2) is 35.6 Å². The van der Waals surface area contributed by atoms with Gasteiger partial charge < -0.3 is 9.47 Å². The monoisotopic (exact) mass is 520 g/mol. The minimum absolute atomic E-state index is 0.0787. The van der Waals surface area contributed by atoms with Gasteiger partial charge in [-0.1, -0.05) is 18.2 Å². The molecule has 3 aromatic rings. The van der Waals surface area contributed by atoms with Crippen molar-refractivity contribution in [1.82, 2.24) is 4.98 Å². The first kappa shape index (κ1) is 27.6. The van der Waals surface area contributed by atoms with Gasteiger partial charge in [0.2, 0.25) is 5.78 Å². The highest BCUT2D eigenvalue weighted by Crippen LogP contribution is 2.41. The Kier molecular flexibility index (Phi) is 8.16. The summed E-state index contributed by atoms with van der Waals surface area (Å²) in [6, 6.07) is 18.7. The van der Waals surface area contributed by atoms with Crippen LogP contribution in [0.15, 0.2) is 60.8 Å². The fourth-order valence-electron chi connectivity index (χ4n) is 3.68. The molecule has 2 heterocycles. The maximum absolute atomic E-state index is 13.1. The number of pyridine rings is 1. The number of ether oxygens (including phenoxy) is 2. The van der Waals surface area contributed by atoms with Crippen LogP contribution in [0.5, 0.6) is 5.75 Å². The number of hydrogen-bond donors (Lipinski definition) is 1. The molecule has 0 spiro atoms. The molecule has 4 rings (SSSR count). The van der Waals surface area contributed by atoms with Crippen LogP contribution in [-0.2, 0) is 26.3 Å². The Morgan fingerprint density at radius 1 is 1.05 bits per heavy atom. The minimum Gasteiger partial charge on any atom is -0.487 e. The van der Waals surface area contributed by atoms with Crippen LogP contribution in [0.25, 0.3) is 11.3 Å². The van der Waals surface area contributed by atoms with Crippen molar-refractivity contribution in [2.45, 2.75) is 39.9 Å². The van der Waals surface area contributed by atoms with Gasteiger partial charge in [-0.05, 0) is 80.8 Å². The lowest BCUT2D eigenvalue weighted by atomic mass is 9.92. The van der Waals surface area contributed by atoms with Gasteiger partial charge >= 0.3 is 0 Å². The summed E-state index contributed by atoms with van der Waals surface area (Å²) in [5.41, 5.74) is 4.76. The molecule has 0 saturated carbocycles. The van der Waals surface area contributed by atoms with E-state index in [0.717, 1.165) is 27.9 Å². The van der Waals surface area contributed by atoms with Crippen LogP contribution >= 0.6 is 0 Å². The van der Waals surface area contributed by atoms with E-state index in [1.54, 1.807) is 38.1 Å². The molecular weight excluding hydrogens is 492 g/mol. The number of nitrogens with zero attached hydrogens (tertiary/aromatic N) is 2. The van der Waals surface area contributed by atoms with Crippen LogP contribution in [0.2, 0.25) is 0 Å². The molecule has 8 nitrogen and oxygen atoms in total. The summed E-state index contributed by atoms with van der Waals surface area (Å²) in [5.74, 6) is 1.14. The molecule has 192 valence electrons. The molecule has 0 radical (unpaired) electrons.